The maximum absolute atomic E-state index is 12.4. The summed E-state index contributed by atoms with van der Waals surface area (Å²) in [4.78, 5) is 0. The van der Waals surface area contributed by atoms with Crippen LogP contribution in [0, 0.1) is 0 Å². The number of nitrogens with one attached hydrogen (secondary N) is 1. The van der Waals surface area contributed by atoms with Crippen LogP contribution in [0.1, 0.15) is 45.7 Å². The molecule has 3 unspecified atom stereocenters. The molecule has 0 aliphatic carbocycles. The van der Waals surface area contributed by atoms with Gasteiger partial charge < -0.3 is 18.6 Å². The van der Waals surface area contributed by atoms with Gasteiger partial charge in [-0.2, -0.15) is 0 Å². The molecule has 1 rings (SSSR count). The van der Waals surface area contributed by atoms with Crippen molar-refractivity contribution in [3.05, 3.63) is 23.8 Å². The second-order valence-corrected chi connectivity index (χ2v) is 9.21. The smallest absolute Gasteiger partial charge is 0.161 e. The fourth-order valence-corrected chi connectivity index (χ4v) is 3.29. The van der Waals surface area contributed by atoms with Crippen molar-refractivity contribution in [3.8, 4) is 11.5 Å². The molecule has 1 N–H and O–H groups in total. The SMILES string of the molecule is CCOc1cc(C(CCS(=O)[O-])N[S+]([O-])C(C)(C)C)ccc1OC. The molecule has 0 aliphatic rings. The van der Waals surface area contributed by atoms with Crippen molar-refractivity contribution < 1.29 is 22.8 Å². The Kier molecular flexibility index (Phi) is 8.52. The minimum atomic E-state index is -2.16. The first-order valence-corrected chi connectivity index (χ1v) is 10.1. The van der Waals surface area contributed by atoms with Gasteiger partial charge in [-0.05, 0) is 51.8 Å². The third-order valence-electron chi connectivity index (χ3n) is 3.27. The third kappa shape index (κ3) is 6.60. The van der Waals surface area contributed by atoms with Gasteiger partial charge in [0.25, 0.3) is 0 Å². The van der Waals surface area contributed by atoms with Crippen LogP contribution < -0.4 is 14.2 Å². The van der Waals surface area contributed by atoms with Gasteiger partial charge in [-0.3, -0.25) is 4.21 Å². The third-order valence-corrected chi connectivity index (χ3v) is 5.45. The molecule has 0 radical (unpaired) electrons. The summed E-state index contributed by atoms with van der Waals surface area (Å²) < 4.78 is 47.7. The maximum Gasteiger partial charge on any atom is 0.161 e. The highest BCUT2D eigenvalue weighted by atomic mass is 32.2. The van der Waals surface area contributed by atoms with E-state index >= 15 is 0 Å². The van der Waals surface area contributed by atoms with E-state index in [4.69, 9.17) is 9.47 Å². The van der Waals surface area contributed by atoms with Gasteiger partial charge in [0, 0.05) is 17.1 Å². The minimum absolute atomic E-state index is 0.0188. The maximum atomic E-state index is 12.4. The molecular formula is C16H26NO5S2-. The standard InChI is InChI=1S/C16H27NO5S2/c1-6-22-15-11-12(7-8-14(15)21-5)13(9-10-23(18)19)17-24(20)16(2,3)4/h7-8,11,13,17H,6,9-10H2,1-5H3,(H,18,19)/p-1. The second-order valence-electron chi connectivity index (χ2n) is 6.19. The van der Waals surface area contributed by atoms with Crippen LogP contribution in [0.4, 0.5) is 0 Å². The fraction of sp³-hybridized carbons (Fsp3) is 0.625. The van der Waals surface area contributed by atoms with Crippen LogP contribution in [-0.4, -0.2) is 37.5 Å². The van der Waals surface area contributed by atoms with E-state index in [0.29, 0.717) is 24.5 Å². The van der Waals surface area contributed by atoms with Crippen LogP contribution in [0.15, 0.2) is 18.2 Å². The van der Waals surface area contributed by atoms with E-state index in [1.54, 1.807) is 19.2 Å². The Bertz CT molecular complexity index is 548. The van der Waals surface area contributed by atoms with Crippen molar-refractivity contribution in [2.24, 2.45) is 0 Å². The molecular weight excluding hydrogens is 350 g/mol. The molecule has 138 valence electrons. The van der Waals surface area contributed by atoms with E-state index in [-0.39, 0.29) is 11.8 Å². The first kappa shape index (κ1) is 21.2. The van der Waals surface area contributed by atoms with E-state index in [1.165, 1.54) is 0 Å². The van der Waals surface area contributed by atoms with Crippen molar-refractivity contribution in [1.82, 2.24) is 4.72 Å². The fourth-order valence-electron chi connectivity index (χ4n) is 1.99. The Morgan fingerprint density at radius 1 is 1.33 bits per heavy atom. The molecule has 0 aliphatic heterocycles. The molecule has 1 aromatic rings. The van der Waals surface area contributed by atoms with Gasteiger partial charge in [0.15, 0.2) is 11.5 Å². The molecule has 0 saturated heterocycles. The zero-order valence-corrected chi connectivity index (χ0v) is 16.4. The molecule has 1 aromatic carbocycles. The van der Waals surface area contributed by atoms with Crippen LogP contribution in [-0.2, 0) is 22.4 Å². The molecule has 0 saturated carbocycles. The number of methoxy groups -OCH3 is 1. The second kappa shape index (κ2) is 9.62. The van der Waals surface area contributed by atoms with Gasteiger partial charge in [-0.15, -0.1) is 4.72 Å². The van der Waals surface area contributed by atoms with Crippen molar-refractivity contribution in [2.45, 2.75) is 44.9 Å². The molecule has 0 amide bonds. The van der Waals surface area contributed by atoms with Crippen molar-refractivity contribution >= 4 is 22.4 Å². The van der Waals surface area contributed by atoms with Gasteiger partial charge in [-0.25, -0.2) is 0 Å². The Morgan fingerprint density at radius 2 is 2.00 bits per heavy atom. The van der Waals surface area contributed by atoms with Crippen LogP contribution in [0.25, 0.3) is 0 Å². The number of benzene rings is 1. The van der Waals surface area contributed by atoms with Gasteiger partial charge >= 0.3 is 0 Å². The highest BCUT2D eigenvalue weighted by molar-refractivity contribution is 7.90. The summed E-state index contributed by atoms with van der Waals surface area (Å²) in [6.07, 6.45) is 0.315. The van der Waals surface area contributed by atoms with Gasteiger partial charge in [0.1, 0.15) is 4.75 Å². The predicted octanol–water partition coefficient (Wildman–Crippen LogP) is 2.46. The summed E-state index contributed by atoms with van der Waals surface area (Å²) in [5.41, 5.74) is 0.808. The van der Waals surface area contributed by atoms with Crippen molar-refractivity contribution in [2.75, 3.05) is 19.5 Å². The number of hydrogen-bond donors (Lipinski definition) is 1. The van der Waals surface area contributed by atoms with E-state index in [9.17, 15) is 13.3 Å². The zero-order valence-electron chi connectivity index (χ0n) is 14.8. The quantitative estimate of drug-likeness (QED) is 0.525. The Morgan fingerprint density at radius 3 is 2.50 bits per heavy atom. The molecule has 24 heavy (non-hydrogen) atoms. The average Bonchev–Trinajstić information content (AvgIpc) is 2.50. The average molecular weight is 377 g/mol. The van der Waals surface area contributed by atoms with Gasteiger partial charge in [0.2, 0.25) is 0 Å². The van der Waals surface area contributed by atoms with E-state index in [1.807, 2.05) is 33.8 Å². The first-order chi connectivity index (χ1) is 11.2. The molecule has 3 atom stereocenters. The van der Waals surface area contributed by atoms with Gasteiger partial charge in [-0.1, -0.05) is 17.1 Å². The molecule has 6 nitrogen and oxygen atoms in total. The predicted molar refractivity (Wildman–Crippen MR) is 96.3 cm³/mol. The summed E-state index contributed by atoms with van der Waals surface area (Å²) >= 11 is -3.48. The Labute approximate surface area is 149 Å². The number of ether oxygens (including phenoxy) is 2. The minimum Gasteiger partial charge on any atom is -0.772 e. The van der Waals surface area contributed by atoms with Crippen LogP contribution in [0.5, 0.6) is 11.5 Å². The molecule has 0 heterocycles. The number of hydrogen-bond acceptors (Lipinski definition) is 6. The number of rotatable bonds is 9. The summed E-state index contributed by atoms with van der Waals surface area (Å²) in [7, 11) is 1.56. The first-order valence-electron chi connectivity index (χ1n) is 7.73. The molecule has 0 bridgehead atoms. The zero-order chi connectivity index (χ0) is 18.3. The van der Waals surface area contributed by atoms with Crippen LogP contribution in [0.3, 0.4) is 0 Å². The molecule has 0 spiro atoms. The lowest BCUT2D eigenvalue weighted by Gasteiger charge is -2.28. The highest BCUT2D eigenvalue weighted by Crippen LogP contribution is 2.32. The van der Waals surface area contributed by atoms with Crippen molar-refractivity contribution in [1.29, 1.82) is 0 Å². The van der Waals surface area contributed by atoms with Crippen LogP contribution >= 0.6 is 0 Å². The van der Waals surface area contributed by atoms with Crippen LogP contribution in [0.2, 0.25) is 0 Å². The normalized spacial score (nSPS) is 15.6. The van der Waals surface area contributed by atoms with Crippen molar-refractivity contribution in [3.63, 3.8) is 0 Å². The highest BCUT2D eigenvalue weighted by Gasteiger charge is 2.30. The summed E-state index contributed by atoms with van der Waals surface area (Å²) in [5, 5.41) is 0. The summed E-state index contributed by atoms with van der Waals surface area (Å²) in [6, 6.07) is 5.02. The Hall–Kier alpha value is -0.800. The summed E-state index contributed by atoms with van der Waals surface area (Å²) in [6.45, 7) is 7.93. The topological polar surface area (TPSA) is 93.7 Å². The van der Waals surface area contributed by atoms with E-state index in [2.05, 4.69) is 4.72 Å². The Balaban J connectivity index is 3.08. The van der Waals surface area contributed by atoms with E-state index < -0.39 is 27.2 Å². The lowest BCUT2D eigenvalue weighted by atomic mass is 10.0. The largest absolute Gasteiger partial charge is 0.772 e. The summed E-state index contributed by atoms with van der Waals surface area (Å²) in [5.74, 6) is 1.16. The lowest BCUT2D eigenvalue weighted by Crippen LogP contribution is -2.41. The van der Waals surface area contributed by atoms with Gasteiger partial charge in [0.05, 0.1) is 19.8 Å². The molecule has 8 heteroatoms. The molecule has 0 aromatic heterocycles. The van der Waals surface area contributed by atoms with E-state index in [0.717, 1.165) is 5.56 Å². The molecule has 0 fully saturated rings. The monoisotopic (exact) mass is 376 g/mol. The lowest BCUT2D eigenvalue weighted by molar-refractivity contribution is 0.310.